The van der Waals surface area contributed by atoms with Crippen molar-refractivity contribution >= 4 is 41.3 Å². The Bertz CT molecular complexity index is 693. The van der Waals surface area contributed by atoms with E-state index in [2.05, 4.69) is 41.3 Å². The minimum absolute atomic E-state index is 0. The number of rotatable bonds is 9. The smallest absolute Gasteiger partial charge is 0.191 e. The molecule has 1 heterocycles. The summed E-state index contributed by atoms with van der Waals surface area (Å²) in [5.41, 5.74) is 2.44. The summed E-state index contributed by atoms with van der Waals surface area (Å²) in [6.07, 6.45) is 0. The molecule has 0 saturated heterocycles. The maximum atomic E-state index is 5.64. The summed E-state index contributed by atoms with van der Waals surface area (Å²) in [5.74, 6) is 2.76. The Morgan fingerprint density at radius 3 is 2.63 bits per heavy atom. The van der Waals surface area contributed by atoms with Crippen LogP contribution in [-0.2, 0) is 6.54 Å². The fraction of sp³-hybridized carbons (Fsp3) is 0.450. The lowest BCUT2D eigenvalue weighted by atomic mass is 10.1. The predicted molar refractivity (Wildman–Crippen MR) is 125 cm³/mol. The van der Waals surface area contributed by atoms with Crippen LogP contribution in [0.1, 0.15) is 37.8 Å². The van der Waals surface area contributed by atoms with Crippen molar-refractivity contribution < 1.29 is 9.47 Å². The fourth-order valence-electron chi connectivity index (χ4n) is 2.52. The van der Waals surface area contributed by atoms with E-state index in [9.17, 15) is 0 Å². The van der Waals surface area contributed by atoms with Gasteiger partial charge in [-0.05, 0) is 59.9 Å². The van der Waals surface area contributed by atoms with Crippen molar-refractivity contribution in [2.75, 3.05) is 26.8 Å². The van der Waals surface area contributed by atoms with E-state index in [-0.39, 0.29) is 24.0 Å². The van der Waals surface area contributed by atoms with Crippen molar-refractivity contribution in [2.45, 2.75) is 33.2 Å². The first-order valence-electron chi connectivity index (χ1n) is 9.01. The van der Waals surface area contributed by atoms with Gasteiger partial charge in [0, 0.05) is 13.1 Å². The van der Waals surface area contributed by atoms with Crippen LogP contribution in [0.4, 0.5) is 0 Å². The summed E-state index contributed by atoms with van der Waals surface area (Å²) in [6.45, 7) is 9.10. The summed E-state index contributed by atoms with van der Waals surface area (Å²) >= 11 is 1.73. The second-order valence-corrected chi connectivity index (χ2v) is 6.73. The second kappa shape index (κ2) is 12.8. The van der Waals surface area contributed by atoms with Crippen LogP contribution in [0.5, 0.6) is 11.5 Å². The molecule has 0 aliphatic rings. The van der Waals surface area contributed by atoms with Gasteiger partial charge in [-0.15, -0.1) is 24.0 Å². The predicted octanol–water partition coefficient (Wildman–Crippen LogP) is 4.63. The van der Waals surface area contributed by atoms with Gasteiger partial charge in [-0.3, -0.25) is 0 Å². The molecular formula is C20H30IN3O2S. The van der Waals surface area contributed by atoms with E-state index in [0.29, 0.717) is 19.1 Å². The Morgan fingerprint density at radius 1 is 1.19 bits per heavy atom. The Balaban J connectivity index is 0.00000364. The zero-order chi connectivity index (χ0) is 18.8. The Morgan fingerprint density at radius 2 is 2.00 bits per heavy atom. The van der Waals surface area contributed by atoms with Crippen LogP contribution >= 0.6 is 35.3 Å². The SMILES string of the molecule is CCNC(=NCc1ccc(OC)c(OCC)c1)NCC(C)c1ccsc1.I. The number of benzene rings is 1. The van der Waals surface area contributed by atoms with Crippen LogP contribution in [0.25, 0.3) is 0 Å². The van der Waals surface area contributed by atoms with Crippen molar-refractivity contribution in [1.82, 2.24) is 10.6 Å². The highest BCUT2D eigenvalue weighted by atomic mass is 127. The highest BCUT2D eigenvalue weighted by Gasteiger charge is 2.08. The summed E-state index contributed by atoms with van der Waals surface area (Å²) in [7, 11) is 1.65. The molecule has 1 unspecified atom stereocenters. The topological polar surface area (TPSA) is 54.9 Å². The van der Waals surface area contributed by atoms with E-state index in [4.69, 9.17) is 14.5 Å². The van der Waals surface area contributed by atoms with E-state index in [1.54, 1.807) is 18.4 Å². The minimum Gasteiger partial charge on any atom is -0.493 e. The average Bonchev–Trinajstić information content (AvgIpc) is 3.19. The summed E-state index contributed by atoms with van der Waals surface area (Å²) in [5, 5.41) is 11.0. The highest BCUT2D eigenvalue weighted by molar-refractivity contribution is 14.0. The van der Waals surface area contributed by atoms with Gasteiger partial charge in [0.15, 0.2) is 17.5 Å². The molecule has 0 radical (unpaired) electrons. The molecule has 0 bridgehead atoms. The van der Waals surface area contributed by atoms with Crippen molar-refractivity contribution in [3.8, 4) is 11.5 Å². The first kappa shape index (κ1) is 23.6. The number of guanidine groups is 1. The third-order valence-electron chi connectivity index (χ3n) is 3.98. The van der Waals surface area contributed by atoms with Gasteiger partial charge < -0.3 is 20.1 Å². The number of aliphatic imine (C=N–C) groups is 1. The molecule has 1 aromatic carbocycles. The third kappa shape index (κ3) is 7.57. The standard InChI is InChI=1S/C20H29N3O2S.HI/c1-5-21-20(22-12-15(3)17-9-10-26-14-17)23-13-16-7-8-18(24-4)19(11-16)25-6-2;/h7-11,14-15H,5-6,12-13H2,1-4H3,(H2,21,22,23);1H. The fourth-order valence-corrected chi connectivity index (χ4v) is 3.31. The molecule has 2 N–H and O–H groups in total. The molecule has 0 fully saturated rings. The van der Waals surface area contributed by atoms with Gasteiger partial charge >= 0.3 is 0 Å². The first-order chi connectivity index (χ1) is 12.7. The van der Waals surface area contributed by atoms with Crippen LogP contribution in [0.2, 0.25) is 0 Å². The average molecular weight is 503 g/mol. The Kier molecular flexibility index (Phi) is 11.2. The maximum Gasteiger partial charge on any atom is 0.191 e. The van der Waals surface area contributed by atoms with E-state index in [1.807, 2.05) is 25.1 Å². The number of nitrogens with one attached hydrogen (secondary N) is 2. The molecule has 2 rings (SSSR count). The molecule has 1 atom stereocenters. The van der Waals surface area contributed by atoms with Crippen LogP contribution in [0.3, 0.4) is 0 Å². The number of hydrogen-bond donors (Lipinski definition) is 2. The molecule has 5 nitrogen and oxygen atoms in total. The summed E-state index contributed by atoms with van der Waals surface area (Å²) < 4.78 is 11.0. The zero-order valence-corrected chi connectivity index (χ0v) is 19.6. The zero-order valence-electron chi connectivity index (χ0n) is 16.5. The molecular weight excluding hydrogens is 473 g/mol. The van der Waals surface area contributed by atoms with Crippen molar-refractivity contribution in [1.29, 1.82) is 0 Å². The lowest BCUT2D eigenvalue weighted by molar-refractivity contribution is 0.310. The maximum absolute atomic E-state index is 5.64. The quantitative estimate of drug-likeness (QED) is 0.298. The van der Waals surface area contributed by atoms with E-state index in [0.717, 1.165) is 36.1 Å². The molecule has 150 valence electrons. The van der Waals surface area contributed by atoms with E-state index < -0.39 is 0 Å². The highest BCUT2D eigenvalue weighted by Crippen LogP contribution is 2.28. The monoisotopic (exact) mass is 503 g/mol. The van der Waals surface area contributed by atoms with Crippen LogP contribution < -0.4 is 20.1 Å². The molecule has 0 spiro atoms. The third-order valence-corrected chi connectivity index (χ3v) is 4.68. The van der Waals surface area contributed by atoms with Gasteiger partial charge in [0.25, 0.3) is 0 Å². The van der Waals surface area contributed by atoms with Crippen LogP contribution in [0, 0.1) is 0 Å². The molecule has 7 heteroatoms. The van der Waals surface area contributed by atoms with E-state index >= 15 is 0 Å². The van der Waals surface area contributed by atoms with Crippen molar-refractivity contribution in [3.63, 3.8) is 0 Å². The Hall–Kier alpha value is -1.48. The summed E-state index contributed by atoms with van der Waals surface area (Å²) in [4.78, 5) is 4.69. The van der Waals surface area contributed by atoms with Gasteiger partial charge in [0.2, 0.25) is 0 Å². The molecule has 0 aliphatic heterocycles. The lowest BCUT2D eigenvalue weighted by Crippen LogP contribution is -2.39. The van der Waals surface area contributed by atoms with Crippen LogP contribution in [-0.4, -0.2) is 32.8 Å². The number of ether oxygens (including phenoxy) is 2. The number of nitrogens with zero attached hydrogens (tertiary/aromatic N) is 1. The number of thiophene rings is 1. The molecule has 0 saturated carbocycles. The normalized spacial score (nSPS) is 12.1. The molecule has 27 heavy (non-hydrogen) atoms. The van der Waals surface area contributed by atoms with Crippen LogP contribution in [0.15, 0.2) is 40.0 Å². The largest absolute Gasteiger partial charge is 0.493 e. The first-order valence-corrected chi connectivity index (χ1v) is 9.96. The summed E-state index contributed by atoms with van der Waals surface area (Å²) in [6, 6.07) is 8.11. The minimum atomic E-state index is 0. The number of hydrogen-bond acceptors (Lipinski definition) is 4. The number of halogens is 1. The molecule has 0 aliphatic carbocycles. The lowest BCUT2D eigenvalue weighted by Gasteiger charge is -2.15. The molecule has 0 amide bonds. The van der Waals surface area contributed by atoms with Gasteiger partial charge in [-0.2, -0.15) is 11.3 Å². The van der Waals surface area contributed by atoms with Gasteiger partial charge in [0.05, 0.1) is 20.3 Å². The van der Waals surface area contributed by atoms with Crippen molar-refractivity contribution in [3.05, 3.63) is 46.2 Å². The van der Waals surface area contributed by atoms with Gasteiger partial charge in [-0.25, -0.2) is 4.99 Å². The number of methoxy groups -OCH3 is 1. The van der Waals surface area contributed by atoms with E-state index in [1.165, 1.54) is 5.56 Å². The second-order valence-electron chi connectivity index (χ2n) is 5.95. The Labute approximate surface area is 183 Å². The van der Waals surface area contributed by atoms with Gasteiger partial charge in [-0.1, -0.05) is 13.0 Å². The van der Waals surface area contributed by atoms with Gasteiger partial charge in [0.1, 0.15) is 0 Å². The molecule has 1 aromatic heterocycles. The van der Waals surface area contributed by atoms with Crippen molar-refractivity contribution in [2.24, 2.45) is 4.99 Å². The molecule has 2 aromatic rings.